The summed E-state index contributed by atoms with van der Waals surface area (Å²) in [4.78, 5) is 34.0. The second-order valence-corrected chi connectivity index (χ2v) is 9.07. The van der Waals surface area contributed by atoms with E-state index in [9.17, 15) is 9.59 Å². The molecule has 0 N–H and O–H groups in total. The van der Waals surface area contributed by atoms with Crippen molar-refractivity contribution in [1.82, 2.24) is 14.3 Å². The minimum atomic E-state index is -0.0752. The predicted octanol–water partition coefficient (Wildman–Crippen LogP) is 3.25. The van der Waals surface area contributed by atoms with Gasteiger partial charge in [-0.1, -0.05) is 18.2 Å². The van der Waals surface area contributed by atoms with Crippen molar-refractivity contribution in [3.05, 3.63) is 63.5 Å². The first-order valence-corrected chi connectivity index (χ1v) is 11.8. The molecule has 2 aromatic heterocycles. The lowest BCUT2D eigenvalue weighted by Gasteiger charge is -2.24. The van der Waals surface area contributed by atoms with Gasteiger partial charge in [-0.2, -0.15) is 0 Å². The average Bonchev–Trinajstić information content (AvgIpc) is 3.40. The molecule has 0 unspecified atom stereocenters. The Hall–Kier alpha value is -2.32. The number of para-hydroxylation sites is 1. The van der Waals surface area contributed by atoms with Gasteiger partial charge in [-0.3, -0.25) is 14.0 Å². The van der Waals surface area contributed by atoms with Crippen LogP contribution in [0.25, 0.3) is 4.96 Å². The fourth-order valence-electron chi connectivity index (χ4n) is 3.57. The molecule has 1 amide bonds. The number of anilines is 1. The highest BCUT2D eigenvalue weighted by Crippen LogP contribution is 2.25. The maximum atomic E-state index is 12.6. The Bertz CT molecular complexity index is 1060. The molecule has 0 radical (unpaired) electrons. The summed E-state index contributed by atoms with van der Waals surface area (Å²) in [5.74, 6) is 1.00. The fraction of sp³-hybridized carbons (Fsp3) is 0.381. The zero-order valence-corrected chi connectivity index (χ0v) is 18.0. The van der Waals surface area contributed by atoms with Crippen molar-refractivity contribution in [3.63, 3.8) is 0 Å². The van der Waals surface area contributed by atoms with E-state index >= 15 is 0 Å². The van der Waals surface area contributed by atoms with E-state index in [-0.39, 0.29) is 11.5 Å². The minimum absolute atomic E-state index is 0.0752. The third kappa shape index (κ3) is 4.64. The molecule has 3 aromatic rings. The molecule has 1 fully saturated rings. The third-order valence-electron chi connectivity index (χ3n) is 5.10. The summed E-state index contributed by atoms with van der Waals surface area (Å²) in [6.07, 6.45) is 4.19. The van der Waals surface area contributed by atoms with Gasteiger partial charge in [0.1, 0.15) is 0 Å². The number of hydrogen-bond acceptors (Lipinski definition) is 6. The van der Waals surface area contributed by atoms with Gasteiger partial charge in [0.05, 0.1) is 11.4 Å². The molecular formula is C21H24N4O2S2. The first kappa shape index (κ1) is 20.0. The number of rotatable bonds is 7. The molecule has 8 heteroatoms. The molecule has 29 heavy (non-hydrogen) atoms. The van der Waals surface area contributed by atoms with E-state index in [1.807, 2.05) is 18.5 Å². The van der Waals surface area contributed by atoms with Crippen molar-refractivity contribution in [2.75, 3.05) is 30.8 Å². The lowest BCUT2D eigenvalue weighted by Crippen LogP contribution is -2.29. The molecule has 1 aliphatic rings. The van der Waals surface area contributed by atoms with E-state index in [2.05, 4.69) is 28.1 Å². The highest BCUT2D eigenvalue weighted by atomic mass is 32.2. The van der Waals surface area contributed by atoms with Crippen LogP contribution in [-0.2, 0) is 17.1 Å². The number of thioether (sulfide) groups is 1. The predicted molar refractivity (Wildman–Crippen MR) is 120 cm³/mol. The molecule has 1 saturated heterocycles. The summed E-state index contributed by atoms with van der Waals surface area (Å²) in [5, 5.41) is 1.85. The Kier molecular flexibility index (Phi) is 6.20. The van der Waals surface area contributed by atoms with Gasteiger partial charge in [-0.25, -0.2) is 4.98 Å². The van der Waals surface area contributed by atoms with E-state index in [1.54, 1.807) is 17.2 Å². The molecule has 0 bridgehead atoms. The van der Waals surface area contributed by atoms with Crippen LogP contribution in [0.1, 0.15) is 24.1 Å². The zero-order valence-electron chi connectivity index (χ0n) is 16.4. The number of hydrogen-bond donors (Lipinski definition) is 0. The SMILES string of the molecule is CN(Cc1ccccc1N1CCCC1)C(=O)CSCc1cc(=O)n2ccsc2n1. The highest BCUT2D eigenvalue weighted by molar-refractivity contribution is 7.99. The number of carbonyl (C=O) groups is 1. The van der Waals surface area contributed by atoms with E-state index < -0.39 is 0 Å². The number of thiazole rings is 1. The summed E-state index contributed by atoms with van der Waals surface area (Å²) >= 11 is 2.93. The molecule has 0 atom stereocenters. The Morgan fingerprint density at radius 2 is 2.07 bits per heavy atom. The Balaban J connectivity index is 1.33. The first-order valence-electron chi connectivity index (χ1n) is 9.72. The van der Waals surface area contributed by atoms with Gasteiger partial charge in [-0.15, -0.1) is 23.1 Å². The molecule has 1 aliphatic heterocycles. The maximum Gasteiger partial charge on any atom is 0.258 e. The number of aromatic nitrogens is 2. The van der Waals surface area contributed by atoms with Crippen LogP contribution in [0, 0.1) is 0 Å². The van der Waals surface area contributed by atoms with Crippen LogP contribution in [0.5, 0.6) is 0 Å². The van der Waals surface area contributed by atoms with Crippen molar-refractivity contribution in [2.45, 2.75) is 25.1 Å². The summed E-state index contributed by atoms with van der Waals surface area (Å²) in [6, 6.07) is 9.91. The van der Waals surface area contributed by atoms with Crippen molar-refractivity contribution < 1.29 is 4.79 Å². The molecular weight excluding hydrogens is 404 g/mol. The van der Waals surface area contributed by atoms with E-state index in [0.717, 1.165) is 18.8 Å². The van der Waals surface area contributed by atoms with Crippen LogP contribution in [-0.4, -0.2) is 46.1 Å². The maximum absolute atomic E-state index is 12.6. The standard InChI is InChI=1S/C21H24N4O2S2/c1-23(13-16-6-2-3-7-18(16)24-8-4-5-9-24)20(27)15-28-14-17-12-19(26)25-10-11-29-21(25)22-17/h2-3,6-7,10-12H,4-5,8-9,13-15H2,1H3. The van der Waals surface area contributed by atoms with Gasteiger partial charge in [0, 0.05) is 55.8 Å². The number of nitrogens with zero attached hydrogens (tertiary/aromatic N) is 4. The Morgan fingerprint density at radius 1 is 1.28 bits per heavy atom. The van der Waals surface area contributed by atoms with Crippen LogP contribution in [0.2, 0.25) is 0 Å². The van der Waals surface area contributed by atoms with Crippen molar-refractivity contribution >= 4 is 39.7 Å². The topological polar surface area (TPSA) is 57.9 Å². The lowest BCUT2D eigenvalue weighted by atomic mass is 10.1. The van der Waals surface area contributed by atoms with Gasteiger partial charge in [-0.05, 0) is 24.5 Å². The summed E-state index contributed by atoms with van der Waals surface area (Å²) in [7, 11) is 1.85. The van der Waals surface area contributed by atoms with Gasteiger partial charge >= 0.3 is 0 Å². The van der Waals surface area contributed by atoms with Gasteiger partial charge < -0.3 is 9.80 Å². The van der Waals surface area contributed by atoms with Crippen LogP contribution in [0.15, 0.2) is 46.7 Å². The summed E-state index contributed by atoms with van der Waals surface area (Å²) in [6.45, 7) is 2.78. The molecule has 1 aromatic carbocycles. The van der Waals surface area contributed by atoms with Crippen molar-refractivity contribution in [3.8, 4) is 0 Å². The number of fused-ring (bicyclic) bond motifs is 1. The van der Waals surface area contributed by atoms with Crippen LogP contribution in [0.3, 0.4) is 0 Å². The second-order valence-electron chi connectivity index (χ2n) is 7.21. The van der Waals surface area contributed by atoms with E-state index in [1.165, 1.54) is 51.6 Å². The molecule has 6 nitrogen and oxygen atoms in total. The Morgan fingerprint density at radius 3 is 2.90 bits per heavy atom. The normalized spacial score (nSPS) is 13.9. The molecule has 152 valence electrons. The summed E-state index contributed by atoms with van der Waals surface area (Å²) in [5.41, 5.74) is 3.07. The second kappa shape index (κ2) is 9.00. The lowest BCUT2D eigenvalue weighted by molar-refractivity contribution is -0.127. The van der Waals surface area contributed by atoms with Crippen LogP contribution in [0.4, 0.5) is 5.69 Å². The van der Waals surface area contributed by atoms with Crippen LogP contribution < -0.4 is 10.5 Å². The average molecular weight is 429 g/mol. The number of benzene rings is 1. The third-order valence-corrected chi connectivity index (χ3v) is 6.81. The largest absolute Gasteiger partial charge is 0.371 e. The molecule has 0 saturated carbocycles. The summed E-state index contributed by atoms with van der Waals surface area (Å²) < 4.78 is 1.54. The number of carbonyl (C=O) groups excluding carboxylic acids is 1. The Labute approximate surface area is 178 Å². The monoisotopic (exact) mass is 428 g/mol. The smallest absolute Gasteiger partial charge is 0.258 e. The molecule has 4 rings (SSSR count). The molecule has 3 heterocycles. The minimum Gasteiger partial charge on any atom is -0.371 e. The van der Waals surface area contributed by atoms with Crippen molar-refractivity contribution in [2.24, 2.45) is 0 Å². The number of amides is 1. The van der Waals surface area contributed by atoms with E-state index in [0.29, 0.717) is 23.0 Å². The molecule has 0 spiro atoms. The fourth-order valence-corrected chi connectivity index (χ4v) is 5.16. The van der Waals surface area contributed by atoms with Gasteiger partial charge in [0.25, 0.3) is 5.56 Å². The zero-order chi connectivity index (χ0) is 20.2. The highest BCUT2D eigenvalue weighted by Gasteiger charge is 2.17. The van der Waals surface area contributed by atoms with Gasteiger partial charge in [0.15, 0.2) is 4.96 Å². The van der Waals surface area contributed by atoms with E-state index in [4.69, 9.17) is 0 Å². The molecule has 0 aliphatic carbocycles. The van der Waals surface area contributed by atoms with Crippen molar-refractivity contribution in [1.29, 1.82) is 0 Å². The van der Waals surface area contributed by atoms with Gasteiger partial charge in [0.2, 0.25) is 5.91 Å². The first-order chi connectivity index (χ1) is 14.1. The van der Waals surface area contributed by atoms with Crippen LogP contribution >= 0.6 is 23.1 Å². The quantitative estimate of drug-likeness (QED) is 0.578.